The predicted octanol–water partition coefficient (Wildman–Crippen LogP) is 2.58. The Balaban J connectivity index is 1.87. The fourth-order valence-electron chi connectivity index (χ4n) is 2.46. The third-order valence-electron chi connectivity index (χ3n) is 3.90. The van der Waals surface area contributed by atoms with Crippen LogP contribution >= 0.6 is 22.6 Å². The van der Waals surface area contributed by atoms with Crippen LogP contribution in [0.1, 0.15) is 22.0 Å². The molecule has 2 aromatic carbocycles. The highest BCUT2D eigenvalue weighted by Crippen LogP contribution is 2.17. The van der Waals surface area contributed by atoms with Gasteiger partial charge in [0.25, 0.3) is 5.91 Å². The maximum Gasteiger partial charge on any atom is 0.252 e. The van der Waals surface area contributed by atoms with Crippen molar-refractivity contribution in [2.45, 2.75) is 6.04 Å². The number of nitrogens with one attached hydrogen (secondary N) is 2. The molecule has 0 aromatic heterocycles. The summed E-state index contributed by atoms with van der Waals surface area (Å²) in [5, 5.41) is 5.43. The number of carbonyl (C=O) groups excluding carboxylic acids is 2. The van der Waals surface area contributed by atoms with Crippen LogP contribution in [0, 0.1) is 9.39 Å². The number of amides is 2. The monoisotopic (exact) mass is 469 g/mol. The molecule has 0 aliphatic rings. The Morgan fingerprint density at radius 2 is 1.73 bits per heavy atom. The first kappa shape index (κ1) is 20.3. The summed E-state index contributed by atoms with van der Waals surface area (Å²) < 4.78 is 13.9. The van der Waals surface area contributed by atoms with E-state index >= 15 is 0 Å². The fourth-order valence-corrected chi connectivity index (χ4v) is 3.09. The van der Waals surface area contributed by atoms with Gasteiger partial charge in [-0.05, 0) is 66.5 Å². The van der Waals surface area contributed by atoms with Crippen LogP contribution in [0.15, 0.2) is 48.5 Å². The average Bonchev–Trinajstić information content (AvgIpc) is 2.61. The molecule has 1 unspecified atom stereocenters. The highest BCUT2D eigenvalue weighted by molar-refractivity contribution is 14.1. The molecule has 2 rings (SSSR count). The molecular weight excluding hydrogens is 448 g/mol. The van der Waals surface area contributed by atoms with Crippen molar-refractivity contribution in [2.75, 3.05) is 27.2 Å². The number of benzene rings is 2. The molecule has 2 amide bonds. The number of hydrogen-bond donors (Lipinski definition) is 2. The lowest BCUT2D eigenvalue weighted by atomic mass is 10.1. The van der Waals surface area contributed by atoms with E-state index in [1.165, 1.54) is 12.1 Å². The van der Waals surface area contributed by atoms with Crippen LogP contribution in [-0.2, 0) is 4.79 Å². The largest absolute Gasteiger partial charge is 0.353 e. The zero-order chi connectivity index (χ0) is 19.1. The molecule has 26 heavy (non-hydrogen) atoms. The molecule has 7 heteroatoms. The van der Waals surface area contributed by atoms with Crippen molar-refractivity contribution in [1.29, 1.82) is 0 Å². The molecular formula is C19H21FIN3O2. The predicted molar refractivity (Wildman–Crippen MR) is 107 cm³/mol. The molecule has 0 aliphatic heterocycles. The SMILES string of the molecule is CN(C)C(CNC(=O)CNC(=O)c1ccccc1I)c1ccc(F)cc1. The number of carbonyl (C=O) groups is 2. The Morgan fingerprint density at radius 3 is 2.35 bits per heavy atom. The van der Waals surface area contributed by atoms with Gasteiger partial charge in [0.1, 0.15) is 5.82 Å². The number of rotatable bonds is 7. The lowest BCUT2D eigenvalue weighted by Crippen LogP contribution is -2.40. The summed E-state index contributed by atoms with van der Waals surface area (Å²) in [6, 6.07) is 13.3. The van der Waals surface area contributed by atoms with E-state index in [1.807, 2.05) is 31.1 Å². The van der Waals surface area contributed by atoms with Crippen molar-refractivity contribution in [2.24, 2.45) is 0 Å². The molecule has 0 fully saturated rings. The van der Waals surface area contributed by atoms with Crippen LogP contribution in [0.2, 0.25) is 0 Å². The smallest absolute Gasteiger partial charge is 0.252 e. The molecule has 0 saturated heterocycles. The van der Waals surface area contributed by atoms with Crippen LogP contribution in [0.5, 0.6) is 0 Å². The van der Waals surface area contributed by atoms with Crippen LogP contribution in [0.4, 0.5) is 4.39 Å². The van der Waals surface area contributed by atoms with Crippen LogP contribution in [0.3, 0.4) is 0 Å². The summed E-state index contributed by atoms with van der Waals surface area (Å²) in [6.45, 7) is 0.254. The van der Waals surface area contributed by atoms with E-state index < -0.39 is 0 Å². The van der Waals surface area contributed by atoms with Crippen LogP contribution in [0.25, 0.3) is 0 Å². The fraction of sp³-hybridized carbons (Fsp3) is 0.263. The molecule has 0 saturated carbocycles. The molecule has 138 valence electrons. The van der Waals surface area contributed by atoms with E-state index in [4.69, 9.17) is 0 Å². The highest BCUT2D eigenvalue weighted by Gasteiger charge is 2.16. The molecule has 1 atom stereocenters. The average molecular weight is 469 g/mol. The second kappa shape index (κ2) is 9.63. The molecule has 2 N–H and O–H groups in total. The Bertz CT molecular complexity index is 766. The van der Waals surface area contributed by atoms with E-state index in [9.17, 15) is 14.0 Å². The lowest BCUT2D eigenvalue weighted by molar-refractivity contribution is -0.120. The third kappa shape index (κ3) is 5.77. The molecule has 0 radical (unpaired) electrons. The highest BCUT2D eigenvalue weighted by atomic mass is 127. The van der Waals surface area contributed by atoms with Gasteiger partial charge in [0.15, 0.2) is 0 Å². The first-order chi connectivity index (χ1) is 12.4. The standard InChI is InChI=1S/C19H21FIN3O2/c1-24(2)17(13-7-9-14(20)10-8-13)11-22-18(25)12-23-19(26)15-5-3-4-6-16(15)21/h3-10,17H,11-12H2,1-2H3,(H,22,25)(H,23,26). The van der Waals surface area contributed by atoms with Crippen molar-refractivity contribution >= 4 is 34.4 Å². The summed E-state index contributed by atoms with van der Waals surface area (Å²) in [7, 11) is 3.78. The van der Waals surface area contributed by atoms with Gasteiger partial charge in [-0.1, -0.05) is 24.3 Å². The topological polar surface area (TPSA) is 61.4 Å². The quantitative estimate of drug-likeness (QED) is 0.614. The summed E-state index contributed by atoms with van der Waals surface area (Å²) in [5.74, 6) is -0.861. The molecule has 5 nitrogen and oxygen atoms in total. The van der Waals surface area contributed by atoms with Crippen molar-refractivity contribution in [3.63, 3.8) is 0 Å². The maximum absolute atomic E-state index is 13.1. The molecule has 2 aromatic rings. The van der Waals surface area contributed by atoms with E-state index in [2.05, 4.69) is 33.2 Å². The number of likely N-dealkylation sites (N-methyl/N-ethyl adjacent to an activating group) is 1. The van der Waals surface area contributed by atoms with Gasteiger partial charge >= 0.3 is 0 Å². The van der Waals surface area contributed by atoms with Gasteiger partial charge in [0.05, 0.1) is 18.2 Å². The molecule has 0 bridgehead atoms. The Kier molecular flexibility index (Phi) is 7.52. The van der Waals surface area contributed by atoms with Crippen molar-refractivity contribution < 1.29 is 14.0 Å². The minimum atomic E-state index is -0.298. The number of hydrogen-bond acceptors (Lipinski definition) is 3. The van der Waals surface area contributed by atoms with Gasteiger partial charge in [-0.25, -0.2) is 4.39 Å². The minimum absolute atomic E-state index is 0.0923. The third-order valence-corrected chi connectivity index (χ3v) is 4.84. The minimum Gasteiger partial charge on any atom is -0.353 e. The number of halogens is 2. The van der Waals surface area contributed by atoms with E-state index in [0.29, 0.717) is 12.1 Å². The maximum atomic E-state index is 13.1. The summed E-state index contributed by atoms with van der Waals surface area (Å²) in [5.41, 5.74) is 1.44. The second-order valence-corrected chi connectivity index (χ2v) is 7.16. The van der Waals surface area contributed by atoms with Crippen molar-refractivity contribution in [3.8, 4) is 0 Å². The summed E-state index contributed by atoms with van der Waals surface area (Å²) in [4.78, 5) is 26.1. The zero-order valence-corrected chi connectivity index (χ0v) is 16.8. The van der Waals surface area contributed by atoms with Crippen LogP contribution in [-0.4, -0.2) is 43.9 Å². The van der Waals surface area contributed by atoms with E-state index in [0.717, 1.165) is 9.13 Å². The van der Waals surface area contributed by atoms with Gasteiger partial charge in [-0.3, -0.25) is 9.59 Å². The van der Waals surface area contributed by atoms with Gasteiger partial charge in [0, 0.05) is 10.1 Å². The Labute approximate surface area is 166 Å². The Morgan fingerprint density at radius 1 is 1.08 bits per heavy atom. The van der Waals surface area contributed by atoms with Gasteiger partial charge in [0.2, 0.25) is 5.91 Å². The first-order valence-electron chi connectivity index (χ1n) is 8.10. The lowest BCUT2D eigenvalue weighted by Gasteiger charge is -2.25. The Hall–Kier alpha value is -2.00. The second-order valence-electron chi connectivity index (χ2n) is 6.00. The zero-order valence-electron chi connectivity index (χ0n) is 14.6. The van der Waals surface area contributed by atoms with E-state index in [1.54, 1.807) is 24.3 Å². The first-order valence-corrected chi connectivity index (χ1v) is 9.17. The molecule has 0 heterocycles. The van der Waals surface area contributed by atoms with E-state index in [-0.39, 0.29) is 30.2 Å². The molecule has 0 spiro atoms. The summed E-state index contributed by atoms with van der Waals surface area (Å²) >= 11 is 2.08. The normalized spacial score (nSPS) is 11.9. The summed E-state index contributed by atoms with van der Waals surface area (Å²) in [6.07, 6.45) is 0. The van der Waals surface area contributed by atoms with Crippen molar-refractivity contribution in [1.82, 2.24) is 15.5 Å². The van der Waals surface area contributed by atoms with Gasteiger partial charge in [-0.2, -0.15) is 0 Å². The number of nitrogens with zero attached hydrogens (tertiary/aromatic N) is 1. The van der Waals surface area contributed by atoms with Gasteiger partial charge < -0.3 is 15.5 Å². The van der Waals surface area contributed by atoms with Gasteiger partial charge in [-0.15, -0.1) is 0 Å². The van der Waals surface area contributed by atoms with Crippen molar-refractivity contribution in [3.05, 3.63) is 69.0 Å². The van der Waals surface area contributed by atoms with Crippen LogP contribution < -0.4 is 10.6 Å². The molecule has 0 aliphatic carbocycles.